The van der Waals surface area contributed by atoms with Crippen molar-refractivity contribution in [1.82, 2.24) is 19.8 Å². The monoisotopic (exact) mass is 632 g/mol. The van der Waals surface area contributed by atoms with Crippen LogP contribution in [0.2, 0.25) is 0 Å². The molecule has 3 atom stereocenters. The first-order chi connectivity index (χ1) is 20.5. The van der Waals surface area contributed by atoms with Gasteiger partial charge >= 0.3 is 18.4 Å². The molecule has 2 fully saturated rings. The Morgan fingerprint density at radius 2 is 1.52 bits per heavy atom. The zero-order chi connectivity index (χ0) is 32.6. The largest absolute Gasteiger partial charge is 0.429 e. The highest BCUT2D eigenvalue weighted by Gasteiger charge is 2.40. The molecule has 2 aromatic carbocycles. The topological polar surface area (TPSA) is 56.3 Å². The van der Waals surface area contributed by atoms with Crippen LogP contribution in [0.1, 0.15) is 66.6 Å². The summed E-state index contributed by atoms with van der Waals surface area (Å²) in [4.78, 5) is 35.8. The van der Waals surface area contributed by atoms with Gasteiger partial charge in [-0.25, -0.2) is 9.18 Å². The van der Waals surface area contributed by atoms with E-state index in [4.69, 9.17) is 4.84 Å². The third kappa shape index (κ3) is 7.63. The molecule has 44 heavy (non-hydrogen) atoms. The maximum absolute atomic E-state index is 14.0. The molecule has 2 saturated heterocycles. The van der Waals surface area contributed by atoms with Crippen LogP contribution < -0.4 is 0 Å². The molecule has 0 bridgehead atoms. The number of piperidine rings is 1. The molecule has 0 saturated carbocycles. The fraction of sp³-hybridized carbons (Fsp3) is 0.533. The van der Waals surface area contributed by atoms with E-state index in [0.717, 1.165) is 10.5 Å². The Morgan fingerprint density at radius 3 is 2.05 bits per heavy atom. The average molecular weight is 633 g/mol. The average Bonchev–Trinajstić information content (AvgIpc) is 2.95. The van der Waals surface area contributed by atoms with Crippen LogP contribution in [0.3, 0.4) is 0 Å². The van der Waals surface area contributed by atoms with Crippen LogP contribution in [0, 0.1) is 12.7 Å². The minimum Gasteiger partial charge on any atom is -0.350 e. The van der Waals surface area contributed by atoms with E-state index in [1.807, 2.05) is 0 Å². The van der Waals surface area contributed by atoms with Crippen LogP contribution in [-0.4, -0.2) is 77.6 Å². The van der Waals surface area contributed by atoms with E-state index in [1.165, 1.54) is 38.1 Å². The molecule has 0 aliphatic carbocycles. The number of carbonyl (C=O) groups is 2. The Bertz CT molecular complexity index is 1330. The molecule has 7 nitrogen and oxygen atoms in total. The zero-order valence-corrected chi connectivity index (χ0v) is 24.8. The van der Waals surface area contributed by atoms with Gasteiger partial charge in [0.05, 0.1) is 23.2 Å². The molecule has 2 aliphatic rings. The number of piperazine rings is 1. The lowest BCUT2D eigenvalue weighted by atomic mass is 9.89. The number of amides is 2. The van der Waals surface area contributed by atoms with Crippen LogP contribution >= 0.6 is 0 Å². The number of hydroxylamine groups is 2. The number of rotatable bonds is 5. The predicted molar refractivity (Wildman–Crippen MR) is 147 cm³/mol. The molecular formula is C30H35F7N4O3. The number of hydrogen-bond donors (Lipinski definition) is 0. The quantitative estimate of drug-likeness (QED) is 0.349. The van der Waals surface area contributed by atoms with Gasteiger partial charge in [-0.1, -0.05) is 6.07 Å². The highest BCUT2D eigenvalue weighted by molar-refractivity contribution is 5.73. The van der Waals surface area contributed by atoms with Gasteiger partial charge in [0.2, 0.25) is 5.91 Å². The second-order valence-electron chi connectivity index (χ2n) is 11.4. The summed E-state index contributed by atoms with van der Waals surface area (Å²) in [5, 5.41) is 1.45. The second kappa shape index (κ2) is 12.9. The molecule has 0 aromatic heterocycles. The molecular weight excluding hydrogens is 597 g/mol. The molecule has 2 amide bonds. The second-order valence-corrected chi connectivity index (χ2v) is 11.4. The third-order valence-electron chi connectivity index (χ3n) is 8.55. The number of benzene rings is 2. The Balaban J connectivity index is 1.55. The van der Waals surface area contributed by atoms with Gasteiger partial charge in [-0.3, -0.25) is 9.69 Å². The summed E-state index contributed by atoms with van der Waals surface area (Å²) in [5.41, 5.74) is -1.97. The highest BCUT2D eigenvalue weighted by Crippen LogP contribution is 2.39. The number of hydrogen-bond acceptors (Lipinski definition) is 5. The molecule has 0 spiro atoms. The summed E-state index contributed by atoms with van der Waals surface area (Å²) < 4.78 is 94.5. The highest BCUT2D eigenvalue weighted by atomic mass is 19.4. The van der Waals surface area contributed by atoms with Gasteiger partial charge in [0.15, 0.2) is 0 Å². The van der Waals surface area contributed by atoms with Crippen LogP contribution in [0.5, 0.6) is 0 Å². The van der Waals surface area contributed by atoms with Crippen LogP contribution in [0.4, 0.5) is 35.5 Å². The maximum Gasteiger partial charge on any atom is 0.429 e. The Labute approximate surface area is 251 Å². The molecule has 2 aliphatic heterocycles. The van der Waals surface area contributed by atoms with Crippen molar-refractivity contribution in [3.8, 4) is 0 Å². The van der Waals surface area contributed by atoms with E-state index in [1.54, 1.807) is 17.9 Å². The van der Waals surface area contributed by atoms with Crippen molar-refractivity contribution in [2.45, 2.75) is 64.1 Å². The summed E-state index contributed by atoms with van der Waals surface area (Å²) in [6.45, 7) is 7.33. The molecule has 14 heteroatoms. The summed E-state index contributed by atoms with van der Waals surface area (Å²) >= 11 is 0. The molecule has 2 aromatic rings. The van der Waals surface area contributed by atoms with Crippen molar-refractivity contribution >= 4 is 12.0 Å². The van der Waals surface area contributed by atoms with Gasteiger partial charge in [-0.05, 0) is 73.7 Å². The van der Waals surface area contributed by atoms with Crippen molar-refractivity contribution in [3.63, 3.8) is 0 Å². The van der Waals surface area contributed by atoms with Crippen molar-refractivity contribution < 1.29 is 45.2 Å². The molecule has 0 radical (unpaired) electrons. The smallest absolute Gasteiger partial charge is 0.350 e. The minimum atomic E-state index is -5.03. The molecule has 4 rings (SSSR count). The van der Waals surface area contributed by atoms with Crippen molar-refractivity contribution in [2.24, 2.45) is 0 Å². The van der Waals surface area contributed by atoms with Gasteiger partial charge in [-0.15, -0.1) is 5.06 Å². The molecule has 0 N–H and O–H groups in total. The standard InChI is InChI=1S/C30H35F7N4O3/c1-18-13-24(31)5-6-26(18)27-17-25(40-11-9-39(10-12-40)20(3)42)7-8-41(27)44-28(43)38(4)19(2)21-14-22(29(32,33)34)16-23(15-21)30(35,36)37/h5-6,13-16,19,25,27H,7-12,17H2,1-4H3/t19-,25-,27-/m1/s1. The van der Waals surface area contributed by atoms with Crippen molar-refractivity contribution in [3.05, 3.63) is 70.0 Å². The summed E-state index contributed by atoms with van der Waals surface area (Å²) in [7, 11) is 1.24. The number of halogens is 7. The third-order valence-corrected chi connectivity index (χ3v) is 8.55. The van der Waals surface area contributed by atoms with E-state index in [9.17, 15) is 40.3 Å². The Morgan fingerprint density at radius 1 is 0.932 bits per heavy atom. The van der Waals surface area contributed by atoms with Crippen LogP contribution in [0.25, 0.3) is 0 Å². The number of aryl methyl sites for hydroxylation is 1. The predicted octanol–water partition coefficient (Wildman–Crippen LogP) is 6.59. The fourth-order valence-corrected chi connectivity index (χ4v) is 5.83. The number of alkyl halides is 6. The Hall–Kier alpha value is -3.39. The summed E-state index contributed by atoms with van der Waals surface area (Å²) in [5.74, 6) is -0.431. The van der Waals surface area contributed by atoms with Gasteiger partial charge in [0, 0.05) is 52.7 Å². The van der Waals surface area contributed by atoms with E-state index in [0.29, 0.717) is 56.7 Å². The van der Waals surface area contributed by atoms with Crippen LogP contribution in [-0.2, 0) is 22.0 Å². The number of carbonyl (C=O) groups excluding carboxylic acids is 2. The van der Waals surface area contributed by atoms with E-state index in [2.05, 4.69) is 4.90 Å². The first kappa shape index (κ1) is 33.5. The first-order valence-corrected chi connectivity index (χ1v) is 14.2. The van der Waals surface area contributed by atoms with E-state index in [-0.39, 0.29) is 30.1 Å². The Kier molecular flexibility index (Phi) is 9.84. The first-order valence-electron chi connectivity index (χ1n) is 14.2. The summed E-state index contributed by atoms with van der Waals surface area (Å²) in [6.07, 6.45) is -9.94. The minimum absolute atomic E-state index is 0.00399. The maximum atomic E-state index is 14.0. The van der Waals surface area contributed by atoms with Gasteiger partial charge in [0.25, 0.3) is 0 Å². The SMILES string of the molecule is CC(=O)N1CCN([C@@H]2CCN(OC(=O)N(C)[C@H](C)c3cc(C(F)(F)F)cc(C(F)(F)F)c3)[C@@H](c3ccc(F)cc3C)C2)CC1. The fourth-order valence-electron chi connectivity index (χ4n) is 5.83. The molecule has 242 valence electrons. The van der Waals surface area contributed by atoms with Gasteiger partial charge in [-0.2, -0.15) is 26.3 Å². The van der Waals surface area contributed by atoms with Gasteiger partial charge < -0.3 is 14.6 Å². The van der Waals surface area contributed by atoms with E-state index < -0.39 is 47.5 Å². The number of nitrogens with zero attached hydrogens (tertiary/aromatic N) is 4. The lowest BCUT2D eigenvalue weighted by Crippen LogP contribution is -2.54. The van der Waals surface area contributed by atoms with E-state index >= 15 is 0 Å². The zero-order valence-electron chi connectivity index (χ0n) is 24.8. The van der Waals surface area contributed by atoms with Crippen molar-refractivity contribution in [2.75, 3.05) is 39.8 Å². The molecule has 2 heterocycles. The molecule has 0 unspecified atom stereocenters. The summed E-state index contributed by atoms with van der Waals surface area (Å²) in [6, 6.07) is 3.86. The normalized spacial score (nSPS) is 21.2. The van der Waals surface area contributed by atoms with Gasteiger partial charge in [0.1, 0.15) is 5.82 Å². The lowest BCUT2D eigenvalue weighted by Gasteiger charge is -2.45. The lowest BCUT2D eigenvalue weighted by molar-refractivity contribution is -0.168. The van der Waals surface area contributed by atoms with Crippen molar-refractivity contribution in [1.29, 1.82) is 0 Å². The van der Waals surface area contributed by atoms with Crippen LogP contribution in [0.15, 0.2) is 36.4 Å².